The minimum Gasteiger partial charge on any atom is -0.481 e. The van der Waals surface area contributed by atoms with Crippen molar-refractivity contribution < 1.29 is 14.7 Å². The van der Waals surface area contributed by atoms with Gasteiger partial charge in [0.1, 0.15) is 0 Å². The highest BCUT2D eigenvalue weighted by molar-refractivity contribution is 5.75. The molecule has 1 atom stereocenters. The molecule has 0 bridgehead atoms. The highest BCUT2D eigenvalue weighted by Crippen LogP contribution is 2.14. The van der Waals surface area contributed by atoms with Crippen LogP contribution in [-0.4, -0.2) is 73.1 Å². The van der Waals surface area contributed by atoms with Gasteiger partial charge in [-0.05, 0) is 51.4 Å². The number of nitrogens with zero attached hydrogens (tertiary/aromatic N) is 2. The van der Waals surface area contributed by atoms with Crippen molar-refractivity contribution in [3.05, 3.63) is 35.9 Å². The van der Waals surface area contributed by atoms with Crippen molar-refractivity contribution in [3.63, 3.8) is 0 Å². The molecule has 2 fully saturated rings. The van der Waals surface area contributed by atoms with Crippen molar-refractivity contribution in [2.45, 2.75) is 39.5 Å². The van der Waals surface area contributed by atoms with E-state index in [1.54, 1.807) is 13.8 Å². The van der Waals surface area contributed by atoms with Crippen LogP contribution in [-0.2, 0) is 9.59 Å². The van der Waals surface area contributed by atoms with Gasteiger partial charge in [0.25, 0.3) is 0 Å². The molecule has 2 aliphatic heterocycles. The fourth-order valence-corrected chi connectivity index (χ4v) is 3.00. The van der Waals surface area contributed by atoms with Crippen molar-refractivity contribution in [1.82, 2.24) is 15.1 Å². The maximum Gasteiger partial charge on any atom is 0.310 e. The van der Waals surface area contributed by atoms with E-state index in [4.69, 9.17) is 5.11 Å². The van der Waals surface area contributed by atoms with E-state index in [0.29, 0.717) is 0 Å². The molecule has 0 saturated carbocycles. The van der Waals surface area contributed by atoms with E-state index in [1.165, 1.54) is 25.9 Å². The first-order valence-corrected chi connectivity index (χ1v) is 10.2. The normalized spacial score (nSPS) is 18.8. The van der Waals surface area contributed by atoms with Crippen molar-refractivity contribution in [1.29, 1.82) is 0 Å². The Kier molecular flexibility index (Phi) is 11.4. The van der Waals surface area contributed by atoms with Gasteiger partial charge in [-0.15, -0.1) is 0 Å². The number of carboxylic acid groups (broad SMARTS) is 1. The van der Waals surface area contributed by atoms with Crippen molar-refractivity contribution >= 4 is 11.9 Å². The monoisotopic (exact) mass is 391 g/mol. The molecule has 6 heteroatoms. The Balaban J connectivity index is 0.000000213. The molecular formula is C22H37N3O3. The topological polar surface area (TPSA) is 72.9 Å². The lowest BCUT2D eigenvalue weighted by Crippen LogP contribution is -2.45. The maximum atomic E-state index is 10.7. The number of carboxylic acids is 1. The smallest absolute Gasteiger partial charge is 0.310 e. The van der Waals surface area contributed by atoms with E-state index in [-0.39, 0.29) is 5.91 Å². The molecule has 0 aromatic heterocycles. The number of carbonyl (C=O) groups excluding carboxylic acids is 1. The van der Waals surface area contributed by atoms with Gasteiger partial charge in [-0.3, -0.25) is 9.59 Å². The second kappa shape index (κ2) is 13.3. The van der Waals surface area contributed by atoms with Gasteiger partial charge in [-0.2, -0.15) is 0 Å². The molecule has 0 spiro atoms. The molecule has 1 aromatic rings. The van der Waals surface area contributed by atoms with Crippen molar-refractivity contribution in [2.75, 3.05) is 46.3 Å². The van der Waals surface area contributed by atoms with Crippen LogP contribution in [0.5, 0.6) is 0 Å². The molecule has 2 aliphatic rings. The third-order valence-corrected chi connectivity index (χ3v) is 5.24. The average Bonchev–Trinajstić information content (AvgIpc) is 2.72. The Hall–Kier alpha value is -1.92. The van der Waals surface area contributed by atoms with Crippen molar-refractivity contribution in [2.24, 2.45) is 5.92 Å². The lowest BCUT2D eigenvalue weighted by Gasteiger charge is -2.26. The summed E-state index contributed by atoms with van der Waals surface area (Å²) in [4.78, 5) is 25.5. The summed E-state index contributed by atoms with van der Waals surface area (Å²) in [6.07, 6.45) is 2.80. The molecule has 1 aromatic carbocycles. The molecule has 2 saturated heterocycles. The summed E-state index contributed by atoms with van der Waals surface area (Å²) >= 11 is 0. The van der Waals surface area contributed by atoms with E-state index >= 15 is 0 Å². The van der Waals surface area contributed by atoms with Gasteiger partial charge in [0.05, 0.1) is 5.92 Å². The van der Waals surface area contributed by atoms with Crippen LogP contribution in [0.25, 0.3) is 0 Å². The summed E-state index contributed by atoms with van der Waals surface area (Å²) in [5.74, 6) is -0.0184. The van der Waals surface area contributed by atoms with Crippen molar-refractivity contribution in [3.8, 4) is 0 Å². The summed E-state index contributed by atoms with van der Waals surface area (Å²) in [5, 5.41) is 11.8. The van der Waals surface area contributed by atoms with Gasteiger partial charge in [-0.25, -0.2) is 0 Å². The number of piperazine rings is 1. The number of rotatable bonds is 2. The SMILES string of the molecule is CC(=O)N1CCNCC1.CC(C(=O)O)c1ccccc1.CC1CCN(C)CC1. The number of carbonyl (C=O) groups is 2. The van der Waals surface area contributed by atoms with Crippen LogP contribution in [0.4, 0.5) is 0 Å². The zero-order valence-electron chi connectivity index (χ0n) is 17.9. The Morgan fingerprint density at radius 2 is 1.61 bits per heavy atom. The fourth-order valence-electron chi connectivity index (χ4n) is 3.00. The fraction of sp³-hybridized carbons (Fsp3) is 0.636. The molecule has 28 heavy (non-hydrogen) atoms. The lowest BCUT2D eigenvalue weighted by atomic mass is 10.00. The van der Waals surface area contributed by atoms with Crippen LogP contribution in [0.3, 0.4) is 0 Å². The van der Waals surface area contributed by atoms with Crippen LogP contribution in [0.15, 0.2) is 30.3 Å². The van der Waals surface area contributed by atoms with Crippen LogP contribution in [0, 0.1) is 5.92 Å². The number of hydrogen-bond acceptors (Lipinski definition) is 4. The molecule has 3 rings (SSSR count). The largest absolute Gasteiger partial charge is 0.481 e. The predicted molar refractivity (Wildman–Crippen MR) is 114 cm³/mol. The van der Waals surface area contributed by atoms with E-state index in [1.807, 2.05) is 35.2 Å². The molecule has 0 radical (unpaired) electrons. The molecule has 2 N–H and O–H groups in total. The quantitative estimate of drug-likeness (QED) is 0.811. The van der Waals surface area contributed by atoms with Gasteiger partial charge in [-0.1, -0.05) is 37.3 Å². The maximum absolute atomic E-state index is 10.7. The minimum atomic E-state index is -0.781. The highest BCUT2D eigenvalue weighted by atomic mass is 16.4. The Morgan fingerprint density at radius 1 is 1.07 bits per heavy atom. The third kappa shape index (κ3) is 9.85. The van der Waals surface area contributed by atoms with Crippen LogP contribution in [0.1, 0.15) is 45.1 Å². The summed E-state index contributed by atoms with van der Waals surface area (Å²) < 4.78 is 0. The van der Waals surface area contributed by atoms with Crippen LogP contribution < -0.4 is 5.32 Å². The number of benzene rings is 1. The number of aliphatic carboxylic acids is 1. The number of nitrogens with one attached hydrogen (secondary N) is 1. The second-order valence-electron chi connectivity index (χ2n) is 7.71. The molecule has 1 unspecified atom stereocenters. The number of piperidine rings is 1. The van der Waals surface area contributed by atoms with Gasteiger partial charge in [0.15, 0.2) is 0 Å². The zero-order chi connectivity index (χ0) is 20.9. The zero-order valence-corrected chi connectivity index (χ0v) is 17.9. The van der Waals surface area contributed by atoms with Gasteiger partial charge < -0.3 is 20.2 Å². The summed E-state index contributed by atoms with van der Waals surface area (Å²) in [6, 6.07) is 9.19. The molecule has 2 heterocycles. The Morgan fingerprint density at radius 3 is 2.00 bits per heavy atom. The van der Waals surface area contributed by atoms with E-state index in [0.717, 1.165) is 37.7 Å². The van der Waals surface area contributed by atoms with Crippen LogP contribution in [0.2, 0.25) is 0 Å². The van der Waals surface area contributed by atoms with E-state index in [9.17, 15) is 9.59 Å². The Bertz CT molecular complexity index is 556. The van der Waals surface area contributed by atoms with E-state index in [2.05, 4.69) is 24.2 Å². The summed E-state index contributed by atoms with van der Waals surface area (Å²) in [7, 11) is 2.20. The van der Waals surface area contributed by atoms with E-state index < -0.39 is 11.9 Å². The highest BCUT2D eigenvalue weighted by Gasteiger charge is 2.12. The lowest BCUT2D eigenvalue weighted by molar-refractivity contribution is -0.138. The van der Waals surface area contributed by atoms with Gasteiger partial charge >= 0.3 is 5.97 Å². The number of likely N-dealkylation sites (tertiary alicyclic amines) is 1. The van der Waals surface area contributed by atoms with Crippen LogP contribution >= 0.6 is 0 Å². The molecule has 0 aliphatic carbocycles. The summed E-state index contributed by atoms with van der Waals surface area (Å²) in [6.45, 7) is 11.9. The van der Waals surface area contributed by atoms with Gasteiger partial charge in [0.2, 0.25) is 5.91 Å². The minimum absolute atomic E-state index is 0.191. The standard InChI is InChI=1S/C9H10O2.C7H15N.C6H12N2O/c1-7(9(10)11)8-5-3-2-4-6-8;1-7-3-5-8(2)6-4-7;1-6(9)8-4-2-7-3-5-8/h2-7H,1H3,(H,10,11);7H,3-6H2,1-2H3;7H,2-5H2,1H3. The molecule has 158 valence electrons. The van der Waals surface area contributed by atoms with Gasteiger partial charge in [0, 0.05) is 33.1 Å². The first-order valence-electron chi connectivity index (χ1n) is 10.2. The predicted octanol–water partition coefficient (Wildman–Crippen LogP) is 2.66. The molecular weight excluding hydrogens is 354 g/mol. The first kappa shape index (κ1) is 24.1. The average molecular weight is 392 g/mol. The third-order valence-electron chi connectivity index (χ3n) is 5.24. The molecule has 6 nitrogen and oxygen atoms in total. The summed E-state index contributed by atoms with van der Waals surface area (Å²) in [5.41, 5.74) is 0.847. The Labute approximate surface area is 169 Å². The second-order valence-corrected chi connectivity index (χ2v) is 7.71. The molecule has 1 amide bonds. The first-order chi connectivity index (χ1) is 13.3. The number of hydrogen-bond donors (Lipinski definition) is 2. The number of amides is 1.